The summed E-state index contributed by atoms with van der Waals surface area (Å²) in [5.74, 6) is 0.0242. The van der Waals surface area contributed by atoms with Crippen molar-refractivity contribution < 1.29 is 9.72 Å². The molecule has 3 rings (SSSR count). The van der Waals surface area contributed by atoms with Gasteiger partial charge in [-0.05, 0) is 12.0 Å². The summed E-state index contributed by atoms with van der Waals surface area (Å²) in [6.07, 6.45) is 0.765. The Labute approximate surface area is 122 Å². The van der Waals surface area contributed by atoms with Crippen molar-refractivity contribution in [3.63, 3.8) is 0 Å². The molecule has 112 valence electrons. The third-order valence-electron chi connectivity index (χ3n) is 4.04. The fourth-order valence-electron chi connectivity index (χ4n) is 2.89. The maximum absolute atomic E-state index is 12.5. The Morgan fingerprint density at radius 3 is 2.76 bits per heavy atom. The average molecular weight is 290 g/mol. The van der Waals surface area contributed by atoms with Crippen molar-refractivity contribution in [1.29, 1.82) is 0 Å². The maximum atomic E-state index is 12.5. The summed E-state index contributed by atoms with van der Waals surface area (Å²) in [6, 6.07) is 4.77. The Morgan fingerprint density at radius 1 is 1.29 bits per heavy atom. The number of nitrogens with one attached hydrogen (secondary N) is 1. The van der Waals surface area contributed by atoms with Crippen molar-refractivity contribution in [2.75, 3.05) is 44.2 Å². The van der Waals surface area contributed by atoms with Crippen molar-refractivity contribution in [2.45, 2.75) is 6.42 Å². The fraction of sp³-hybridized carbons (Fsp3) is 0.500. The van der Waals surface area contributed by atoms with Crippen LogP contribution < -0.4 is 10.2 Å². The third-order valence-corrected chi connectivity index (χ3v) is 4.04. The van der Waals surface area contributed by atoms with Crippen LogP contribution in [0.2, 0.25) is 0 Å². The Hall–Kier alpha value is -1.99. The summed E-state index contributed by atoms with van der Waals surface area (Å²) in [5.41, 5.74) is 1.74. The minimum atomic E-state index is -0.419. The van der Waals surface area contributed by atoms with Gasteiger partial charge in [-0.25, -0.2) is 0 Å². The smallest absolute Gasteiger partial charge is 0.271 e. The van der Waals surface area contributed by atoms with E-state index in [0.29, 0.717) is 18.8 Å². The molecule has 2 heterocycles. The predicted molar refractivity (Wildman–Crippen MR) is 78.5 cm³/mol. The van der Waals surface area contributed by atoms with E-state index in [1.807, 2.05) is 0 Å². The number of rotatable bonds is 3. The topological polar surface area (TPSA) is 78.7 Å². The zero-order valence-corrected chi connectivity index (χ0v) is 11.7. The lowest BCUT2D eigenvalue weighted by Gasteiger charge is -2.28. The zero-order valence-electron chi connectivity index (χ0n) is 11.7. The van der Waals surface area contributed by atoms with E-state index in [1.54, 1.807) is 11.0 Å². The molecule has 1 aromatic carbocycles. The highest BCUT2D eigenvalue weighted by Gasteiger charge is 2.27. The van der Waals surface area contributed by atoms with Gasteiger partial charge in [0.2, 0.25) is 5.91 Å². The number of benzene rings is 1. The number of nitrogens with zero attached hydrogens (tertiary/aromatic N) is 3. The van der Waals surface area contributed by atoms with Gasteiger partial charge in [0.05, 0.1) is 17.2 Å². The Kier molecular flexibility index (Phi) is 3.85. The van der Waals surface area contributed by atoms with E-state index in [4.69, 9.17) is 0 Å². The quantitative estimate of drug-likeness (QED) is 0.643. The number of carbonyl (C=O) groups excluding carboxylic acids is 1. The molecule has 1 N–H and O–H groups in total. The van der Waals surface area contributed by atoms with Crippen molar-refractivity contribution in [3.8, 4) is 0 Å². The summed E-state index contributed by atoms with van der Waals surface area (Å²) < 4.78 is 0. The molecule has 0 saturated carbocycles. The van der Waals surface area contributed by atoms with Crippen LogP contribution in [-0.2, 0) is 11.2 Å². The molecule has 2 aliphatic rings. The second kappa shape index (κ2) is 5.79. The lowest BCUT2D eigenvalue weighted by Crippen LogP contribution is -2.48. The highest BCUT2D eigenvalue weighted by atomic mass is 16.6. The molecule has 0 atom stereocenters. The Morgan fingerprint density at radius 2 is 2.05 bits per heavy atom. The second-order valence-electron chi connectivity index (χ2n) is 5.39. The van der Waals surface area contributed by atoms with E-state index in [2.05, 4.69) is 10.2 Å². The van der Waals surface area contributed by atoms with Crippen LogP contribution in [0.1, 0.15) is 5.56 Å². The van der Waals surface area contributed by atoms with Crippen LogP contribution in [0.4, 0.5) is 11.4 Å². The van der Waals surface area contributed by atoms with Gasteiger partial charge >= 0.3 is 0 Å². The summed E-state index contributed by atoms with van der Waals surface area (Å²) in [6.45, 7) is 4.51. The summed E-state index contributed by atoms with van der Waals surface area (Å²) >= 11 is 0. The third kappa shape index (κ3) is 2.88. The first-order chi connectivity index (χ1) is 10.1. The van der Waals surface area contributed by atoms with Crippen molar-refractivity contribution >= 4 is 17.3 Å². The Balaban J connectivity index is 1.74. The first-order valence-electron chi connectivity index (χ1n) is 7.16. The van der Waals surface area contributed by atoms with Gasteiger partial charge in [0.1, 0.15) is 0 Å². The minimum absolute atomic E-state index is 0.0242. The highest BCUT2D eigenvalue weighted by molar-refractivity contribution is 5.97. The second-order valence-corrected chi connectivity index (χ2v) is 5.39. The van der Waals surface area contributed by atoms with E-state index in [9.17, 15) is 14.9 Å². The molecule has 2 aliphatic heterocycles. The van der Waals surface area contributed by atoms with Crippen LogP contribution in [-0.4, -0.2) is 55.0 Å². The van der Waals surface area contributed by atoms with Crippen LogP contribution in [0.25, 0.3) is 0 Å². The molecular weight excluding hydrogens is 272 g/mol. The van der Waals surface area contributed by atoms with Gasteiger partial charge in [0.15, 0.2) is 0 Å². The van der Waals surface area contributed by atoms with Gasteiger partial charge in [-0.1, -0.05) is 6.07 Å². The van der Waals surface area contributed by atoms with Gasteiger partial charge < -0.3 is 10.2 Å². The van der Waals surface area contributed by atoms with Gasteiger partial charge in [-0.2, -0.15) is 0 Å². The monoisotopic (exact) mass is 290 g/mol. The van der Waals surface area contributed by atoms with Crippen LogP contribution in [0.15, 0.2) is 18.2 Å². The Bertz CT molecular complexity index is 569. The molecule has 0 spiro atoms. The summed E-state index contributed by atoms with van der Waals surface area (Å²) in [5, 5.41) is 14.1. The molecule has 7 heteroatoms. The van der Waals surface area contributed by atoms with Gasteiger partial charge in [-0.3, -0.25) is 19.8 Å². The van der Waals surface area contributed by atoms with Gasteiger partial charge in [0, 0.05) is 44.9 Å². The number of non-ortho nitro benzene ring substituents is 1. The van der Waals surface area contributed by atoms with E-state index >= 15 is 0 Å². The molecular formula is C14H18N4O3. The molecule has 0 aromatic heterocycles. The number of nitro groups is 1. The average Bonchev–Trinajstić information content (AvgIpc) is 2.91. The minimum Gasteiger partial charge on any atom is -0.314 e. The van der Waals surface area contributed by atoms with E-state index in [-0.39, 0.29) is 11.6 Å². The fourth-order valence-corrected chi connectivity index (χ4v) is 2.89. The molecule has 0 unspecified atom stereocenters. The number of amides is 1. The first kappa shape index (κ1) is 14.0. The molecule has 0 aliphatic carbocycles. The molecule has 1 amide bonds. The molecule has 0 radical (unpaired) electrons. The molecule has 0 bridgehead atoms. The van der Waals surface area contributed by atoms with Crippen molar-refractivity contribution in [1.82, 2.24) is 10.2 Å². The normalized spacial score (nSPS) is 18.6. The van der Waals surface area contributed by atoms with Gasteiger partial charge in [-0.15, -0.1) is 0 Å². The number of nitro benzene ring substituents is 1. The summed E-state index contributed by atoms with van der Waals surface area (Å²) in [7, 11) is 0. The van der Waals surface area contributed by atoms with Crippen molar-refractivity contribution in [2.24, 2.45) is 0 Å². The number of anilines is 1. The maximum Gasteiger partial charge on any atom is 0.271 e. The van der Waals surface area contributed by atoms with E-state index in [1.165, 1.54) is 12.1 Å². The van der Waals surface area contributed by atoms with Crippen LogP contribution in [0, 0.1) is 10.1 Å². The van der Waals surface area contributed by atoms with Crippen LogP contribution in [0.5, 0.6) is 0 Å². The molecule has 1 aromatic rings. The standard InChI is InChI=1S/C14H18N4O3/c19-14(10-16-7-4-15-5-8-16)17-6-3-11-1-2-12(18(20)21)9-13(11)17/h1-2,9,15H,3-8,10H2. The number of carbonyl (C=O) groups is 1. The lowest BCUT2D eigenvalue weighted by atomic mass is 10.1. The van der Waals surface area contributed by atoms with E-state index in [0.717, 1.165) is 38.2 Å². The first-order valence-corrected chi connectivity index (χ1v) is 7.16. The number of hydrogen-bond donors (Lipinski definition) is 1. The SMILES string of the molecule is O=C(CN1CCNCC1)N1CCc2ccc([N+](=O)[O-])cc21. The number of piperazine rings is 1. The largest absolute Gasteiger partial charge is 0.314 e. The number of hydrogen-bond acceptors (Lipinski definition) is 5. The van der Waals surface area contributed by atoms with Crippen LogP contribution >= 0.6 is 0 Å². The number of fused-ring (bicyclic) bond motifs is 1. The molecule has 7 nitrogen and oxygen atoms in total. The van der Waals surface area contributed by atoms with Crippen molar-refractivity contribution in [3.05, 3.63) is 33.9 Å². The molecule has 21 heavy (non-hydrogen) atoms. The predicted octanol–water partition coefficient (Wildman–Crippen LogP) is 0.389. The van der Waals surface area contributed by atoms with Gasteiger partial charge in [0.25, 0.3) is 5.69 Å². The molecule has 1 fully saturated rings. The highest BCUT2D eigenvalue weighted by Crippen LogP contribution is 2.31. The van der Waals surface area contributed by atoms with E-state index < -0.39 is 4.92 Å². The zero-order chi connectivity index (χ0) is 14.8. The van der Waals surface area contributed by atoms with Crippen LogP contribution in [0.3, 0.4) is 0 Å². The molecule has 1 saturated heterocycles. The lowest BCUT2D eigenvalue weighted by molar-refractivity contribution is -0.384. The summed E-state index contributed by atoms with van der Waals surface area (Å²) in [4.78, 5) is 26.7.